The molecule has 0 saturated heterocycles. The number of aryl methyl sites for hydroxylation is 1. The number of alkyl halides is 1. The molecule has 1 heterocycles. The molecule has 0 amide bonds. The Kier molecular flexibility index (Phi) is 2.26. The Bertz CT molecular complexity index is 137. The lowest BCUT2D eigenvalue weighted by Crippen LogP contribution is -1.97. The topological polar surface area (TPSA) is 30.7 Å². The van der Waals surface area contributed by atoms with Crippen LogP contribution in [-0.4, -0.2) is 19.2 Å². The van der Waals surface area contributed by atoms with Gasteiger partial charge in [0.15, 0.2) is 0 Å². The van der Waals surface area contributed by atoms with Crippen LogP contribution in [0.5, 0.6) is 0 Å². The van der Waals surface area contributed by atoms with E-state index < -0.39 is 0 Å². The lowest BCUT2D eigenvalue weighted by molar-refractivity contribution is 0.670. The van der Waals surface area contributed by atoms with E-state index in [1.54, 1.807) is 12.7 Å². The number of halogens is 1. The summed E-state index contributed by atoms with van der Waals surface area (Å²) in [5.74, 6) is 0. The first-order valence-corrected chi connectivity index (χ1v) is 3.84. The van der Waals surface area contributed by atoms with Gasteiger partial charge in [-0.15, -0.1) is 0 Å². The highest BCUT2D eigenvalue weighted by Crippen LogP contribution is 1.84. The Hall–Kier alpha value is -0.130. The van der Waals surface area contributed by atoms with E-state index in [4.69, 9.17) is 0 Å². The van der Waals surface area contributed by atoms with Crippen molar-refractivity contribution in [1.82, 2.24) is 14.8 Å². The first kappa shape index (κ1) is 6.00. The summed E-state index contributed by atoms with van der Waals surface area (Å²) in [5, 5.41) is 3.91. The summed E-state index contributed by atoms with van der Waals surface area (Å²) in [7, 11) is 0. The molecule has 4 heteroatoms. The van der Waals surface area contributed by atoms with Crippen molar-refractivity contribution in [3.63, 3.8) is 0 Å². The standard InChI is InChI=1S/C4H6IN3/c5-1-2-8-4-6-3-7-8/h3-4H,1-2H2. The molecule has 1 rings (SSSR count). The zero-order chi connectivity index (χ0) is 5.82. The average Bonchev–Trinajstić information content (AvgIpc) is 2.19. The van der Waals surface area contributed by atoms with Crippen LogP contribution in [0, 0.1) is 0 Å². The van der Waals surface area contributed by atoms with E-state index in [1.807, 2.05) is 4.68 Å². The maximum atomic E-state index is 3.91. The molecular weight excluding hydrogens is 217 g/mol. The maximum absolute atomic E-state index is 3.91. The number of aromatic nitrogens is 3. The molecule has 0 unspecified atom stereocenters. The second-order valence-corrected chi connectivity index (χ2v) is 2.43. The monoisotopic (exact) mass is 223 g/mol. The summed E-state index contributed by atoms with van der Waals surface area (Å²) in [6.45, 7) is 0.959. The van der Waals surface area contributed by atoms with Crippen LogP contribution in [0.1, 0.15) is 0 Å². The molecule has 0 N–H and O–H groups in total. The van der Waals surface area contributed by atoms with E-state index in [2.05, 4.69) is 32.7 Å². The average molecular weight is 223 g/mol. The minimum absolute atomic E-state index is 0.959. The quantitative estimate of drug-likeness (QED) is 0.546. The number of hydrogen-bond donors (Lipinski definition) is 0. The Morgan fingerprint density at radius 1 is 1.62 bits per heavy atom. The van der Waals surface area contributed by atoms with Crippen LogP contribution in [0.2, 0.25) is 0 Å². The molecular formula is C4H6IN3. The summed E-state index contributed by atoms with van der Waals surface area (Å²) < 4.78 is 2.90. The predicted octanol–water partition coefficient (Wildman–Crippen LogP) is 0.713. The minimum atomic E-state index is 0.959. The molecule has 0 aliphatic carbocycles. The number of nitrogens with zero attached hydrogens (tertiary/aromatic N) is 3. The third kappa shape index (κ3) is 1.43. The Labute approximate surface area is 61.3 Å². The highest BCUT2D eigenvalue weighted by molar-refractivity contribution is 14.1. The van der Waals surface area contributed by atoms with Crippen LogP contribution in [0.4, 0.5) is 0 Å². The van der Waals surface area contributed by atoms with Gasteiger partial charge in [-0.1, -0.05) is 22.6 Å². The van der Waals surface area contributed by atoms with Gasteiger partial charge in [-0.3, -0.25) is 4.68 Å². The fourth-order valence-electron chi connectivity index (χ4n) is 0.435. The number of hydrogen-bond acceptors (Lipinski definition) is 2. The first-order valence-electron chi connectivity index (χ1n) is 2.32. The van der Waals surface area contributed by atoms with Crippen LogP contribution >= 0.6 is 22.6 Å². The lowest BCUT2D eigenvalue weighted by Gasteiger charge is -1.90. The first-order chi connectivity index (χ1) is 3.93. The van der Waals surface area contributed by atoms with Crippen LogP contribution in [0.3, 0.4) is 0 Å². The molecule has 0 fully saturated rings. The molecule has 1 aromatic rings. The van der Waals surface area contributed by atoms with Crippen molar-refractivity contribution in [3.05, 3.63) is 12.7 Å². The summed E-state index contributed by atoms with van der Waals surface area (Å²) in [6.07, 6.45) is 3.27. The fraction of sp³-hybridized carbons (Fsp3) is 0.500. The van der Waals surface area contributed by atoms with E-state index in [0.29, 0.717) is 0 Å². The summed E-state index contributed by atoms with van der Waals surface area (Å²) in [5.41, 5.74) is 0. The zero-order valence-electron chi connectivity index (χ0n) is 4.29. The summed E-state index contributed by atoms with van der Waals surface area (Å²) in [6, 6.07) is 0. The van der Waals surface area contributed by atoms with Gasteiger partial charge in [0.2, 0.25) is 0 Å². The normalized spacial score (nSPS) is 9.62. The second-order valence-electron chi connectivity index (χ2n) is 1.35. The Balaban J connectivity index is 2.50. The van der Waals surface area contributed by atoms with Crippen LogP contribution in [-0.2, 0) is 6.54 Å². The van der Waals surface area contributed by atoms with Gasteiger partial charge < -0.3 is 0 Å². The zero-order valence-corrected chi connectivity index (χ0v) is 6.45. The molecule has 0 aromatic carbocycles. The van der Waals surface area contributed by atoms with Crippen LogP contribution < -0.4 is 0 Å². The van der Waals surface area contributed by atoms with Crippen molar-refractivity contribution >= 4 is 22.6 Å². The van der Waals surface area contributed by atoms with Gasteiger partial charge in [0.25, 0.3) is 0 Å². The molecule has 0 atom stereocenters. The van der Waals surface area contributed by atoms with Crippen molar-refractivity contribution < 1.29 is 0 Å². The molecule has 44 valence electrons. The van der Waals surface area contributed by atoms with Crippen LogP contribution in [0.15, 0.2) is 12.7 Å². The fourth-order valence-corrected chi connectivity index (χ4v) is 0.929. The summed E-state index contributed by atoms with van der Waals surface area (Å²) >= 11 is 2.30. The van der Waals surface area contributed by atoms with Gasteiger partial charge in [-0.25, -0.2) is 4.98 Å². The van der Waals surface area contributed by atoms with Crippen molar-refractivity contribution in [3.8, 4) is 0 Å². The largest absolute Gasteiger partial charge is 0.252 e. The van der Waals surface area contributed by atoms with Crippen LogP contribution in [0.25, 0.3) is 0 Å². The highest BCUT2D eigenvalue weighted by Gasteiger charge is 1.84. The third-order valence-electron chi connectivity index (χ3n) is 0.780. The smallest absolute Gasteiger partial charge is 0.137 e. The van der Waals surface area contributed by atoms with E-state index in [0.717, 1.165) is 11.0 Å². The second kappa shape index (κ2) is 3.01. The predicted molar refractivity (Wildman–Crippen MR) is 38.9 cm³/mol. The van der Waals surface area contributed by atoms with Gasteiger partial charge in [0.05, 0.1) is 6.54 Å². The molecule has 0 aliphatic rings. The van der Waals surface area contributed by atoms with Crippen molar-refractivity contribution in [1.29, 1.82) is 0 Å². The van der Waals surface area contributed by atoms with Gasteiger partial charge >= 0.3 is 0 Å². The third-order valence-corrected chi connectivity index (χ3v) is 1.26. The van der Waals surface area contributed by atoms with Gasteiger partial charge in [-0.2, -0.15) is 5.10 Å². The van der Waals surface area contributed by atoms with Crippen molar-refractivity contribution in [2.75, 3.05) is 4.43 Å². The van der Waals surface area contributed by atoms with E-state index in [9.17, 15) is 0 Å². The van der Waals surface area contributed by atoms with E-state index >= 15 is 0 Å². The van der Waals surface area contributed by atoms with Gasteiger partial charge in [-0.05, 0) is 0 Å². The van der Waals surface area contributed by atoms with Crippen molar-refractivity contribution in [2.24, 2.45) is 0 Å². The molecule has 8 heavy (non-hydrogen) atoms. The van der Waals surface area contributed by atoms with Crippen molar-refractivity contribution in [2.45, 2.75) is 6.54 Å². The molecule has 0 saturated carbocycles. The van der Waals surface area contributed by atoms with Gasteiger partial charge in [0.1, 0.15) is 12.7 Å². The molecule has 0 radical (unpaired) electrons. The minimum Gasteiger partial charge on any atom is -0.252 e. The Morgan fingerprint density at radius 3 is 3.00 bits per heavy atom. The molecule has 1 aromatic heterocycles. The molecule has 0 aliphatic heterocycles. The van der Waals surface area contributed by atoms with Gasteiger partial charge in [0, 0.05) is 4.43 Å². The Morgan fingerprint density at radius 2 is 2.50 bits per heavy atom. The number of rotatable bonds is 2. The SMILES string of the molecule is ICCn1cncn1. The molecule has 0 bridgehead atoms. The highest BCUT2D eigenvalue weighted by atomic mass is 127. The van der Waals surface area contributed by atoms with E-state index in [1.165, 1.54) is 0 Å². The molecule has 0 spiro atoms. The lowest BCUT2D eigenvalue weighted by atomic mass is 10.8. The molecule has 3 nitrogen and oxygen atoms in total. The van der Waals surface area contributed by atoms with E-state index in [-0.39, 0.29) is 0 Å². The maximum Gasteiger partial charge on any atom is 0.137 e. The summed E-state index contributed by atoms with van der Waals surface area (Å²) in [4.78, 5) is 3.79.